The molecule has 2 aliphatic rings. The molecular formula is C23H28ClN3O7S2. The number of benzene rings is 2. The van der Waals surface area contributed by atoms with E-state index in [4.69, 9.17) is 21.1 Å². The molecule has 0 saturated carbocycles. The van der Waals surface area contributed by atoms with Crippen LogP contribution in [0.4, 0.5) is 0 Å². The SMILES string of the molecule is O=C(NCCOc1ccc(S(=O)(=O)N2CCOCC2)cc1)[C@H]1CCCN1S(=O)(=O)c1ccc(Cl)cc1. The predicted molar refractivity (Wildman–Crippen MR) is 133 cm³/mol. The van der Waals surface area contributed by atoms with Crippen molar-refractivity contribution in [2.45, 2.75) is 28.7 Å². The van der Waals surface area contributed by atoms with Crippen molar-refractivity contribution in [3.63, 3.8) is 0 Å². The number of nitrogens with one attached hydrogen (secondary N) is 1. The molecule has 36 heavy (non-hydrogen) atoms. The first-order valence-corrected chi connectivity index (χ1v) is 14.8. The topological polar surface area (TPSA) is 122 Å². The average Bonchev–Trinajstić information content (AvgIpc) is 3.39. The Balaban J connectivity index is 1.28. The van der Waals surface area contributed by atoms with Gasteiger partial charge in [-0.2, -0.15) is 8.61 Å². The molecule has 0 radical (unpaired) electrons. The fourth-order valence-electron chi connectivity index (χ4n) is 4.14. The smallest absolute Gasteiger partial charge is 0.243 e. The maximum absolute atomic E-state index is 13.0. The summed E-state index contributed by atoms with van der Waals surface area (Å²) in [6.07, 6.45) is 1.01. The number of rotatable bonds is 9. The Labute approximate surface area is 216 Å². The maximum Gasteiger partial charge on any atom is 0.243 e. The van der Waals surface area contributed by atoms with E-state index in [2.05, 4.69) is 5.32 Å². The lowest BCUT2D eigenvalue weighted by Gasteiger charge is -2.26. The number of nitrogens with zero attached hydrogens (tertiary/aromatic N) is 2. The van der Waals surface area contributed by atoms with Gasteiger partial charge < -0.3 is 14.8 Å². The molecule has 0 spiro atoms. The van der Waals surface area contributed by atoms with E-state index in [1.54, 1.807) is 12.1 Å². The molecule has 4 rings (SSSR count). The molecule has 2 aliphatic heterocycles. The lowest BCUT2D eigenvalue weighted by atomic mass is 10.2. The van der Waals surface area contributed by atoms with Crippen molar-refractivity contribution in [2.75, 3.05) is 46.0 Å². The highest BCUT2D eigenvalue weighted by molar-refractivity contribution is 7.89. The van der Waals surface area contributed by atoms with Gasteiger partial charge in [-0.1, -0.05) is 11.6 Å². The number of morpholine rings is 1. The standard InChI is InChI=1S/C23H28ClN3O7S2/c24-18-3-7-21(8-4-18)36(31,32)27-12-1-2-22(27)23(28)25-11-15-34-19-5-9-20(10-6-19)35(29,30)26-13-16-33-17-14-26/h3-10,22H,1-2,11-17H2,(H,25,28)/t22-/m1/s1. The highest BCUT2D eigenvalue weighted by atomic mass is 35.5. The average molecular weight is 558 g/mol. The monoisotopic (exact) mass is 557 g/mol. The summed E-state index contributed by atoms with van der Waals surface area (Å²) in [5.74, 6) is 0.0681. The maximum atomic E-state index is 13.0. The van der Waals surface area contributed by atoms with Crippen LogP contribution >= 0.6 is 11.6 Å². The van der Waals surface area contributed by atoms with Gasteiger partial charge in [0.15, 0.2) is 0 Å². The van der Waals surface area contributed by atoms with Crippen LogP contribution in [0.15, 0.2) is 58.3 Å². The molecule has 2 aromatic rings. The molecular weight excluding hydrogens is 530 g/mol. The second kappa shape index (κ2) is 11.4. The summed E-state index contributed by atoms with van der Waals surface area (Å²) >= 11 is 5.86. The van der Waals surface area contributed by atoms with Crippen molar-refractivity contribution < 1.29 is 31.1 Å². The van der Waals surface area contributed by atoms with Crippen molar-refractivity contribution in [3.05, 3.63) is 53.6 Å². The Kier molecular flexibility index (Phi) is 8.53. The van der Waals surface area contributed by atoms with Crippen molar-refractivity contribution in [1.29, 1.82) is 0 Å². The summed E-state index contributed by atoms with van der Waals surface area (Å²) in [5, 5.41) is 3.16. The van der Waals surface area contributed by atoms with Crippen LogP contribution in [0.2, 0.25) is 5.02 Å². The zero-order chi connectivity index (χ0) is 25.8. The number of amides is 1. The molecule has 1 atom stereocenters. The van der Waals surface area contributed by atoms with Crippen LogP contribution in [-0.2, 0) is 29.6 Å². The van der Waals surface area contributed by atoms with Gasteiger partial charge in [0, 0.05) is 24.7 Å². The molecule has 0 unspecified atom stereocenters. The molecule has 1 N–H and O–H groups in total. The molecule has 0 bridgehead atoms. The lowest BCUT2D eigenvalue weighted by Crippen LogP contribution is -2.46. The van der Waals surface area contributed by atoms with Gasteiger partial charge in [-0.15, -0.1) is 0 Å². The third-order valence-electron chi connectivity index (χ3n) is 6.03. The molecule has 2 heterocycles. The Morgan fingerprint density at radius 3 is 2.22 bits per heavy atom. The van der Waals surface area contributed by atoms with Gasteiger partial charge in [0.1, 0.15) is 18.4 Å². The zero-order valence-corrected chi connectivity index (χ0v) is 21.9. The quantitative estimate of drug-likeness (QED) is 0.466. The number of hydrogen-bond acceptors (Lipinski definition) is 7. The fraction of sp³-hybridized carbons (Fsp3) is 0.435. The first-order chi connectivity index (χ1) is 17.2. The van der Waals surface area contributed by atoms with E-state index < -0.39 is 26.1 Å². The van der Waals surface area contributed by atoms with Crippen molar-refractivity contribution in [3.8, 4) is 5.75 Å². The van der Waals surface area contributed by atoms with Crippen LogP contribution in [0.25, 0.3) is 0 Å². The van der Waals surface area contributed by atoms with Crippen LogP contribution in [0.3, 0.4) is 0 Å². The van der Waals surface area contributed by atoms with E-state index in [0.29, 0.717) is 49.9 Å². The van der Waals surface area contributed by atoms with Crippen LogP contribution in [0, 0.1) is 0 Å². The van der Waals surface area contributed by atoms with E-state index in [0.717, 1.165) is 0 Å². The molecule has 2 saturated heterocycles. The largest absolute Gasteiger partial charge is 0.492 e. The van der Waals surface area contributed by atoms with Gasteiger partial charge in [0.05, 0.1) is 29.5 Å². The van der Waals surface area contributed by atoms with Gasteiger partial charge in [-0.3, -0.25) is 4.79 Å². The number of sulfonamides is 2. The van der Waals surface area contributed by atoms with E-state index >= 15 is 0 Å². The molecule has 1 amide bonds. The van der Waals surface area contributed by atoms with Crippen molar-refractivity contribution in [2.24, 2.45) is 0 Å². The Morgan fingerprint density at radius 1 is 0.944 bits per heavy atom. The molecule has 2 fully saturated rings. The molecule has 0 aromatic heterocycles. The van der Waals surface area contributed by atoms with Gasteiger partial charge in [-0.05, 0) is 61.4 Å². The number of carbonyl (C=O) groups is 1. The first kappa shape index (κ1) is 26.8. The van der Waals surface area contributed by atoms with Crippen molar-refractivity contribution in [1.82, 2.24) is 13.9 Å². The third kappa shape index (κ3) is 6.01. The number of carbonyl (C=O) groups excluding carboxylic acids is 1. The van der Waals surface area contributed by atoms with E-state index in [-0.39, 0.29) is 35.4 Å². The Morgan fingerprint density at radius 2 is 1.56 bits per heavy atom. The van der Waals surface area contributed by atoms with E-state index in [1.807, 2.05) is 0 Å². The summed E-state index contributed by atoms with van der Waals surface area (Å²) in [7, 11) is -7.41. The van der Waals surface area contributed by atoms with Crippen LogP contribution in [0.5, 0.6) is 5.75 Å². The van der Waals surface area contributed by atoms with Crippen LogP contribution < -0.4 is 10.1 Å². The predicted octanol–water partition coefficient (Wildman–Crippen LogP) is 1.71. The summed E-state index contributed by atoms with van der Waals surface area (Å²) in [5.41, 5.74) is 0. The Hall–Kier alpha value is -2.22. The van der Waals surface area contributed by atoms with Crippen LogP contribution in [-0.4, -0.2) is 83.4 Å². The van der Waals surface area contributed by atoms with Gasteiger partial charge in [-0.25, -0.2) is 16.8 Å². The minimum absolute atomic E-state index is 0.0917. The summed E-state index contributed by atoms with van der Waals surface area (Å²) < 4.78 is 64.8. The van der Waals surface area contributed by atoms with E-state index in [9.17, 15) is 21.6 Å². The van der Waals surface area contributed by atoms with E-state index in [1.165, 1.54) is 45.0 Å². The number of hydrogen-bond donors (Lipinski definition) is 1. The molecule has 2 aromatic carbocycles. The summed E-state index contributed by atoms with van der Waals surface area (Å²) in [4.78, 5) is 13.0. The highest BCUT2D eigenvalue weighted by Gasteiger charge is 2.39. The summed E-state index contributed by atoms with van der Waals surface area (Å²) in [6.45, 7) is 1.95. The zero-order valence-electron chi connectivity index (χ0n) is 19.5. The molecule has 10 nitrogen and oxygen atoms in total. The van der Waals surface area contributed by atoms with Gasteiger partial charge in [0.2, 0.25) is 26.0 Å². The van der Waals surface area contributed by atoms with Crippen LogP contribution in [0.1, 0.15) is 12.8 Å². The van der Waals surface area contributed by atoms with Gasteiger partial charge in [0.25, 0.3) is 0 Å². The van der Waals surface area contributed by atoms with Crippen molar-refractivity contribution >= 4 is 37.6 Å². The molecule has 196 valence electrons. The minimum Gasteiger partial charge on any atom is -0.492 e. The minimum atomic E-state index is -3.82. The summed E-state index contributed by atoms with van der Waals surface area (Å²) in [6, 6.07) is 11.2. The molecule has 0 aliphatic carbocycles. The third-order valence-corrected chi connectivity index (χ3v) is 10.1. The molecule has 13 heteroatoms. The normalized spacial score (nSPS) is 19.8. The second-order valence-corrected chi connectivity index (χ2v) is 12.6. The fourth-order valence-corrected chi connectivity index (χ4v) is 7.33. The number of ether oxygens (including phenoxy) is 2. The Bertz CT molecular complexity index is 1260. The highest BCUT2D eigenvalue weighted by Crippen LogP contribution is 2.27. The first-order valence-electron chi connectivity index (χ1n) is 11.6. The lowest BCUT2D eigenvalue weighted by molar-refractivity contribution is -0.124. The second-order valence-electron chi connectivity index (χ2n) is 8.36. The van der Waals surface area contributed by atoms with Gasteiger partial charge >= 0.3 is 0 Å². The number of halogens is 1.